The molecule has 0 bridgehead atoms. The van der Waals surface area contributed by atoms with Crippen LogP contribution in [-0.2, 0) is 0 Å². The van der Waals surface area contributed by atoms with Crippen LogP contribution in [0.5, 0.6) is 0 Å². The number of aliphatic imine (C=N–C) groups is 1. The Morgan fingerprint density at radius 2 is 1.73 bits per heavy atom. The largest absolute Gasteiger partial charge is 0.353 e. The number of aromatic amines is 1. The minimum atomic E-state index is -0.126. The number of piperidine rings is 1. The highest BCUT2D eigenvalue weighted by molar-refractivity contribution is 6.08. The molecule has 0 radical (unpaired) electrons. The molecule has 3 aromatic rings. The van der Waals surface area contributed by atoms with Crippen LogP contribution >= 0.6 is 0 Å². The van der Waals surface area contributed by atoms with Crippen LogP contribution in [0.1, 0.15) is 40.2 Å². The van der Waals surface area contributed by atoms with E-state index in [4.69, 9.17) is 4.99 Å². The third kappa shape index (κ3) is 4.72. The van der Waals surface area contributed by atoms with Crippen molar-refractivity contribution in [1.82, 2.24) is 14.8 Å². The van der Waals surface area contributed by atoms with Gasteiger partial charge in [-0.25, -0.2) is 0 Å². The van der Waals surface area contributed by atoms with Gasteiger partial charge in [-0.3, -0.25) is 14.6 Å². The number of carbonyl (C=O) groups is 1. The summed E-state index contributed by atoms with van der Waals surface area (Å²) >= 11 is 0. The van der Waals surface area contributed by atoms with E-state index in [9.17, 15) is 9.59 Å². The lowest BCUT2D eigenvalue weighted by Gasteiger charge is -2.32. The average molecular weight is 492 g/mol. The average Bonchev–Trinajstić information content (AvgIpc) is 3.45. The summed E-state index contributed by atoms with van der Waals surface area (Å²) in [5.41, 5.74) is 5.57. The fraction of sp³-hybridized carbons (Fsp3) is 0.233. The fourth-order valence-corrected chi connectivity index (χ4v) is 5.37. The minimum absolute atomic E-state index is 0.0895. The number of amidine groups is 1. The van der Waals surface area contributed by atoms with Gasteiger partial charge in [-0.15, -0.1) is 0 Å². The second-order valence-corrected chi connectivity index (χ2v) is 9.61. The highest BCUT2D eigenvalue weighted by Crippen LogP contribution is 2.30. The number of fused-ring (bicyclic) bond motifs is 1. The van der Waals surface area contributed by atoms with Crippen LogP contribution in [0.2, 0.25) is 0 Å². The maximum absolute atomic E-state index is 13.1. The van der Waals surface area contributed by atoms with E-state index >= 15 is 0 Å². The number of amides is 1. The molecule has 1 amide bonds. The van der Waals surface area contributed by atoms with E-state index in [0.29, 0.717) is 18.0 Å². The third-order valence-corrected chi connectivity index (χ3v) is 7.32. The van der Waals surface area contributed by atoms with Crippen molar-refractivity contribution in [2.75, 3.05) is 31.5 Å². The number of carbonyl (C=O) groups excluding carboxylic acids is 1. The molecule has 4 heterocycles. The Hall–Kier alpha value is -4.39. The van der Waals surface area contributed by atoms with Crippen LogP contribution in [-0.4, -0.2) is 52.7 Å². The molecule has 37 heavy (non-hydrogen) atoms. The minimum Gasteiger partial charge on any atom is -0.353 e. The number of likely N-dealkylation sites (tertiary alicyclic amines) is 1. The molecule has 2 N–H and O–H groups in total. The van der Waals surface area contributed by atoms with Gasteiger partial charge in [0.05, 0.1) is 17.9 Å². The Kier molecular flexibility index (Phi) is 6.18. The quantitative estimate of drug-likeness (QED) is 0.552. The van der Waals surface area contributed by atoms with E-state index in [2.05, 4.69) is 39.5 Å². The van der Waals surface area contributed by atoms with E-state index in [-0.39, 0.29) is 11.5 Å². The zero-order chi connectivity index (χ0) is 25.2. The van der Waals surface area contributed by atoms with Gasteiger partial charge in [0.2, 0.25) is 5.56 Å². The standard InChI is InChI=1S/C30H29N5O2/c36-28-20-24(12-15-31-28)27-11-10-26(29-32-16-19-35(27)29)33-25-8-6-23(7-9-25)30(37)34-17-13-22(14-18-34)21-4-2-1-3-5-21/h1-12,15,20,22,33H,13-14,16-19H2,(H,31,36). The van der Waals surface area contributed by atoms with Crippen LogP contribution < -0.4 is 10.9 Å². The third-order valence-electron chi connectivity index (χ3n) is 7.32. The number of hydrogen-bond donors (Lipinski definition) is 2. The van der Waals surface area contributed by atoms with Crippen LogP contribution in [0.3, 0.4) is 0 Å². The highest BCUT2D eigenvalue weighted by atomic mass is 16.2. The number of hydrogen-bond acceptors (Lipinski definition) is 5. The highest BCUT2D eigenvalue weighted by Gasteiger charge is 2.28. The molecule has 2 aromatic carbocycles. The molecule has 3 aliphatic rings. The molecule has 1 saturated heterocycles. The topological polar surface area (TPSA) is 80.8 Å². The number of aromatic nitrogens is 1. The lowest BCUT2D eigenvalue weighted by molar-refractivity contribution is 0.0713. The van der Waals surface area contributed by atoms with Crippen molar-refractivity contribution in [3.8, 4) is 0 Å². The van der Waals surface area contributed by atoms with Gasteiger partial charge in [0, 0.05) is 48.7 Å². The number of anilines is 1. The van der Waals surface area contributed by atoms with Gasteiger partial charge in [-0.2, -0.15) is 0 Å². The molecule has 0 atom stereocenters. The van der Waals surface area contributed by atoms with Gasteiger partial charge in [0.15, 0.2) is 5.84 Å². The summed E-state index contributed by atoms with van der Waals surface area (Å²) in [6, 6.07) is 21.8. The number of H-pyrrole nitrogens is 1. The van der Waals surface area contributed by atoms with Crippen molar-refractivity contribution in [3.63, 3.8) is 0 Å². The predicted molar refractivity (Wildman–Crippen MR) is 147 cm³/mol. The van der Waals surface area contributed by atoms with Crippen molar-refractivity contribution >= 4 is 23.1 Å². The second kappa shape index (κ2) is 9.93. The monoisotopic (exact) mass is 491 g/mol. The van der Waals surface area contributed by atoms with E-state index in [0.717, 1.165) is 61.0 Å². The zero-order valence-electron chi connectivity index (χ0n) is 20.6. The van der Waals surface area contributed by atoms with Crippen molar-refractivity contribution in [2.24, 2.45) is 4.99 Å². The molecule has 0 spiro atoms. The number of benzene rings is 2. The van der Waals surface area contributed by atoms with Crippen molar-refractivity contribution < 1.29 is 4.79 Å². The Balaban J connectivity index is 1.12. The Morgan fingerprint density at radius 3 is 2.49 bits per heavy atom. The predicted octanol–water partition coefficient (Wildman–Crippen LogP) is 4.46. The van der Waals surface area contributed by atoms with Gasteiger partial charge in [0.1, 0.15) is 0 Å². The Morgan fingerprint density at radius 1 is 0.946 bits per heavy atom. The van der Waals surface area contributed by atoms with Gasteiger partial charge < -0.3 is 20.1 Å². The van der Waals surface area contributed by atoms with Crippen molar-refractivity contribution in [2.45, 2.75) is 18.8 Å². The van der Waals surface area contributed by atoms with Gasteiger partial charge in [-0.1, -0.05) is 30.3 Å². The van der Waals surface area contributed by atoms with Crippen LogP contribution in [0, 0.1) is 0 Å². The number of rotatable bonds is 5. The molecular weight excluding hydrogens is 462 g/mol. The second-order valence-electron chi connectivity index (χ2n) is 9.61. The molecule has 0 saturated carbocycles. The summed E-state index contributed by atoms with van der Waals surface area (Å²) in [5, 5.41) is 3.46. The van der Waals surface area contributed by atoms with E-state index < -0.39 is 0 Å². The fourth-order valence-electron chi connectivity index (χ4n) is 5.37. The first kappa shape index (κ1) is 23.0. The van der Waals surface area contributed by atoms with E-state index in [1.807, 2.05) is 53.5 Å². The molecule has 3 aliphatic heterocycles. The molecular formula is C30H29N5O2. The summed E-state index contributed by atoms with van der Waals surface area (Å²) in [6.07, 6.45) is 7.66. The molecule has 1 fully saturated rings. The van der Waals surface area contributed by atoms with Gasteiger partial charge in [0.25, 0.3) is 5.91 Å². The smallest absolute Gasteiger partial charge is 0.253 e. The first-order valence-corrected chi connectivity index (χ1v) is 12.8. The maximum Gasteiger partial charge on any atom is 0.253 e. The molecule has 7 heteroatoms. The molecule has 186 valence electrons. The molecule has 0 aliphatic carbocycles. The number of nitrogens with zero attached hydrogens (tertiary/aromatic N) is 3. The van der Waals surface area contributed by atoms with E-state index in [1.165, 1.54) is 5.56 Å². The summed E-state index contributed by atoms with van der Waals surface area (Å²) < 4.78 is 0. The summed E-state index contributed by atoms with van der Waals surface area (Å²) in [7, 11) is 0. The lowest BCUT2D eigenvalue weighted by Crippen LogP contribution is -2.37. The van der Waals surface area contributed by atoms with Crippen LogP contribution in [0.25, 0.3) is 5.70 Å². The number of nitrogens with one attached hydrogen (secondary N) is 2. The first-order valence-electron chi connectivity index (χ1n) is 12.8. The number of allylic oxidation sites excluding steroid dienone is 2. The van der Waals surface area contributed by atoms with Crippen molar-refractivity contribution in [3.05, 3.63) is 118 Å². The van der Waals surface area contributed by atoms with Crippen LogP contribution in [0.4, 0.5) is 5.69 Å². The summed E-state index contributed by atoms with van der Waals surface area (Å²) in [6.45, 7) is 3.02. The first-order chi connectivity index (χ1) is 18.2. The zero-order valence-corrected chi connectivity index (χ0v) is 20.6. The SMILES string of the molecule is O=C(c1ccc(NC2=CC=C(c3cc[nH]c(=O)c3)N3CCN=C23)cc1)N1CCC(c2ccccc2)CC1. The number of pyridine rings is 1. The molecule has 6 rings (SSSR count). The van der Waals surface area contributed by atoms with Crippen molar-refractivity contribution in [1.29, 1.82) is 0 Å². The molecule has 1 aromatic heterocycles. The Bertz CT molecular complexity index is 1450. The maximum atomic E-state index is 13.1. The summed E-state index contributed by atoms with van der Waals surface area (Å²) in [4.78, 5) is 36.4. The van der Waals surface area contributed by atoms with E-state index in [1.54, 1.807) is 12.3 Å². The van der Waals surface area contributed by atoms with Crippen LogP contribution in [0.15, 0.2) is 101 Å². The lowest BCUT2D eigenvalue weighted by atomic mass is 9.89. The summed E-state index contributed by atoms with van der Waals surface area (Å²) in [5.74, 6) is 1.47. The Labute approximate surface area is 215 Å². The van der Waals surface area contributed by atoms with Gasteiger partial charge in [-0.05, 0) is 66.8 Å². The molecule has 0 unspecified atom stereocenters. The molecule has 7 nitrogen and oxygen atoms in total. The van der Waals surface area contributed by atoms with Gasteiger partial charge >= 0.3 is 0 Å². The normalized spacial score (nSPS) is 17.6.